The Labute approximate surface area is 186 Å². The number of hydrogen-bond acceptors (Lipinski definition) is 5. The molecule has 2 aromatic carbocycles. The van der Waals surface area contributed by atoms with Gasteiger partial charge in [0.1, 0.15) is 5.75 Å². The molecular weight excluding hydrogens is 426 g/mol. The molecule has 2 atom stereocenters. The molecule has 0 saturated heterocycles. The Balaban J connectivity index is 1.59. The van der Waals surface area contributed by atoms with Gasteiger partial charge in [-0.2, -0.15) is 4.31 Å². The van der Waals surface area contributed by atoms with Gasteiger partial charge in [0.2, 0.25) is 10.0 Å². The molecule has 0 unspecified atom stereocenters. The highest BCUT2D eigenvalue weighted by atomic mass is 32.2. The molecule has 32 heavy (non-hydrogen) atoms. The lowest BCUT2D eigenvalue weighted by Gasteiger charge is -2.39. The van der Waals surface area contributed by atoms with Gasteiger partial charge in [0, 0.05) is 47.7 Å². The lowest BCUT2D eigenvalue weighted by molar-refractivity contribution is 0.0771. The van der Waals surface area contributed by atoms with E-state index in [1.165, 1.54) is 4.31 Å². The minimum atomic E-state index is -3.81. The molecular formula is C24H23N3O4S. The summed E-state index contributed by atoms with van der Waals surface area (Å²) < 4.78 is 33.9. The predicted molar refractivity (Wildman–Crippen MR) is 121 cm³/mol. The number of fused-ring (bicyclic) bond motifs is 2. The Morgan fingerprint density at radius 1 is 1.12 bits per heavy atom. The Bertz CT molecular complexity index is 1370. The number of H-pyrrole nitrogens is 1. The van der Waals surface area contributed by atoms with E-state index in [1.807, 2.05) is 24.4 Å². The first-order chi connectivity index (χ1) is 15.5. The number of aliphatic hydroxyl groups excluding tert-OH is 1. The molecule has 0 bridgehead atoms. The van der Waals surface area contributed by atoms with Crippen LogP contribution in [0.15, 0.2) is 78.1 Å². The fourth-order valence-electron chi connectivity index (χ4n) is 4.40. The molecule has 0 radical (unpaired) electrons. The van der Waals surface area contributed by atoms with Crippen LogP contribution in [0.25, 0.3) is 10.9 Å². The number of aromatic nitrogens is 2. The van der Waals surface area contributed by atoms with Crippen molar-refractivity contribution in [2.45, 2.75) is 30.0 Å². The number of hydrogen-bond donors (Lipinski definition) is 2. The van der Waals surface area contributed by atoms with Crippen molar-refractivity contribution < 1.29 is 18.3 Å². The van der Waals surface area contributed by atoms with E-state index in [0.29, 0.717) is 12.0 Å². The second-order valence-corrected chi connectivity index (χ2v) is 9.74. The highest BCUT2D eigenvalue weighted by Gasteiger charge is 2.43. The average Bonchev–Trinajstić information content (AvgIpc) is 3.22. The van der Waals surface area contributed by atoms with Gasteiger partial charge < -0.3 is 14.8 Å². The van der Waals surface area contributed by atoms with Crippen LogP contribution >= 0.6 is 0 Å². The second-order valence-electron chi connectivity index (χ2n) is 7.89. The first-order valence-electron chi connectivity index (χ1n) is 10.3. The van der Waals surface area contributed by atoms with Crippen LogP contribution in [-0.4, -0.2) is 40.9 Å². The molecule has 2 N–H and O–H groups in total. The van der Waals surface area contributed by atoms with Crippen molar-refractivity contribution in [2.24, 2.45) is 0 Å². The maximum atomic E-state index is 13.6. The summed E-state index contributed by atoms with van der Waals surface area (Å²) in [6, 6.07) is 15.3. The van der Waals surface area contributed by atoms with Crippen LogP contribution in [0.3, 0.4) is 0 Å². The van der Waals surface area contributed by atoms with E-state index in [1.54, 1.807) is 55.9 Å². The van der Waals surface area contributed by atoms with Gasteiger partial charge in [-0.3, -0.25) is 4.98 Å². The van der Waals surface area contributed by atoms with E-state index in [2.05, 4.69) is 9.97 Å². The number of benzene rings is 2. The number of ether oxygens (including phenoxy) is 1. The van der Waals surface area contributed by atoms with Crippen LogP contribution in [-0.2, 0) is 23.0 Å². The van der Waals surface area contributed by atoms with Crippen LogP contribution in [0.2, 0.25) is 0 Å². The fraction of sp³-hybridized carbons (Fsp3) is 0.208. The molecule has 4 aromatic rings. The van der Waals surface area contributed by atoms with Crippen molar-refractivity contribution in [3.8, 4) is 5.75 Å². The first kappa shape index (κ1) is 20.7. The summed E-state index contributed by atoms with van der Waals surface area (Å²) in [5.74, 6) is 0.736. The highest BCUT2D eigenvalue weighted by molar-refractivity contribution is 7.89. The van der Waals surface area contributed by atoms with Crippen LogP contribution in [0.4, 0.5) is 0 Å². The van der Waals surface area contributed by atoms with Crippen molar-refractivity contribution in [2.75, 3.05) is 7.11 Å². The van der Waals surface area contributed by atoms with Crippen molar-refractivity contribution in [1.29, 1.82) is 0 Å². The minimum Gasteiger partial charge on any atom is -0.497 e. The number of sulfonamides is 1. The molecule has 164 valence electrons. The molecule has 5 rings (SSSR count). The van der Waals surface area contributed by atoms with Gasteiger partial charge in [-0.05, 0) is 47.9 Å². The third-order valence-electron chi connectivity index (χ3n) is 6.05. The highest BCUT2D eigenvalue weighted by Crippen LogP contribution is 2.39. The van der Waals surface area contributed by atoms with Crippen LogP contribution in [0.5, 0.6) is 5.75 Å². The molecule has 2 aromatic heterocycles. The van der Waals surface area contributed by atoms with Gasteiger partial charge in [0.25, 0.3) is 0 Å². The molecule has 3 heterocycles. The SMILES string of the molecule is COc1ccc2c(C[C@H]3[C@@H](O)c4ccccc4S(=O)(=O)N3Cc3ccncc3)c[nH]c2c1. The summed E-state index contributed by atoms with van der Waals surface area (Å²) in [5.41, 5.74) is 3.07. The molecule has 7 nitrogen and oxygen atoms in total. The van der Waals surface area contributed by atoms with E-state index in [-0.39, 0.29) is 11.4 Å². The Morgan fingerprint density at radius 3 is 2.69 bits per heavy atom. The Morgan fingerprint density at radius 2 is 1.91 bits per heavy atom. The van der Waals surface area contributed by atoms with Gasteiger partial charge in [-0.15, -0.1) is 0 Å². The lowest BCUT2D eigenvalue weighted by Crippen LogP contribution is -2.48. The number of aliphatic hydroxyl groups is 1. The molecule has 1 aliphatic heterocycles. The van der Waals surface area contributed by atoms with E-state index >= 15 is 0 Å². The summed E-state index contributed by atoms with van der Waals surface area (Å²) in [5, 5.41) is 12.3. The van der Waals surface area contributed by atoms with E-state index in [0.717, 1.165) is 27.8 Å². The van der Waals surface area contributed by atoms with Gasteiger partial charge >= 0.3 is 0 Å². The molecule has 8 heteroatoms. The van der Waals surface area contributed by atoms with Gasteiger partial charge in [0.05, 0.1) is 24.2 Å². The zero-order valence-electron chi connectivity index (χ0n) is 17.5. The van der Waals surface area contributed by atoms with E-state index < -0.39 is 22.2 Å². The number of aromatic amines is 1. The van der Waals surface area contributed by atoms with Crippen molar-refractivity contribution in [3.05, 3.63) is 89.9 Å². The van der Waals surface area contributed by atoms with E-state index in [9.17, 15) is 13.5 Å². The predicted octanol–water partition coefficient (Wildman–Crippen LogP) is 3.42. The van der Waals surface area contributed by atoms with Gasteiger partial charge in [0.15, 0.2) is 0 Å². The molecule has 0 spiro atoms. The molecule has 0 fully saturated rings. The van der Waals surface area contributed by atoms with Crippen LogP contribution < -0.4 is 4.74 Å². The zero-order chi connectivity index (χ0) is 22.3. The smallest absolute Gasteiger partial charge is 0.244 e. The minimum absolute atomic E-state index is 0.150. The Hall–Kier alpha value is -3.20. The average molecular weight is 450 g/mol. The van der Waals surface area contributed by atoms with Crippen molar-refractivity contribution in [3.63, 3.8) is 0 Å². The number of nitrogens with zero attached hydrogens (tertiary/aromatic N) is 2. The summed E-state index contributed by atoms with van der Waals surface area (Å²) in [7, 11) is -2.19. The van der Waals surface area contributed by atoms with Gasteiger partial charge in [-0.1, -0.05) is 18.2 Å². The van der Waals surface area contributed by atoms with E-state index in [4.69, 9.17) is 4.74 Å². The number of pyridine rings is 1. The van der Waals surface area contributed by atoms with Crippen LogP contribution in [0.1, 0.15) is 22.8 Å². The largest absolute Gasteiger partial charge is 0.497 e. The number of methoxy groups -OCH3 is 1. The topological polar surface area (TPSA) is 95.5 Å². The van der Waals surface area contributed by atoms with Crippen LogP contribution in [0, 0.1) is 0 Å². The normalized spacial score (nSPS) is 20.2. The standard InChI is InChI=1S/C24H23N3O4S/c1-31-18-6-7-19-17(14-26-21(19)13-18)12-22-24(28)20-4-2-3-5-23(20)32(29,30)27(22)15-16-8-10-25-11-9-16/h2-11,13-14,22,24,26,28H,12,15H2,1H3/t22-,24-/m0/s1. The quantitative estimate of drug-likeness (QED) is 0.487. The molecule has 0 saturated carbocycles. The number of nitrogens with one attached hydrogen (secondary N) is 1. The lowest BCUT2D eigenvalue weighted by atomic mass is 9.95. The zero-order valence-corrected chi connectivity index (χ0v) is 18.3. The summed E-state index contributed by atoms with van der Waals surface area (Å²) >= 11 is 0. The fourth-order valence-corrected chi connectivity index (χ4v) is 6.25. The Kier molecular flexibility index (Phi) is 5.21. The van der Waals surface area contributed by atoms with Crippen molar-refractivity contribution in [1.82, 2.24) is 14.3 Å². The molecule has 0 aliphatic carbocycles. The maximum absolute atomic E-state index is 13.6. The molecule has 0 amide bonds. The monoisotopic (exact) mass is 449 g/mol. The van der Waals surface area contributed by atoms with Crippen molar-refractivity contribution >= 4 is 20.9 Å². The van der Waals surface area contributed by atoms with Gasteiger partial charge in [-0.25, -0.2) is 8.42 Å². The summed E-state index contributed by atoms with van der Waals surface area (Å²) in [4.78, 5) is 7.41. The maximum Gasteiger partial charge on any atom is 0.244 e. The summed E-state index contributed by atoms with van der Waals surface area (Å²) in [6.07, 6.45) is 4.54. The third kappa shape index (κ3) is 3.46. The second kappa shape index (κ2) is 8.05. The first-order valence-corrected chi connectivity index (χ1v) is 11.7. The molecule has 1 aliphatic rings. The number of rotatable bonds is 5. The summed E-state index contributed by atoms with van der Waals surface area (Å²) in [6.45, 7) is 0.150. The third-order valence-corrected chi connectivity index (χ3v) is 8.00.